The summed E-state index contributed by atoms with van der Waals surface area (Å²) < 4.78 is 60.8. The summed E-state index contributed by atoms with van der Waals surface area (Å²) in [7, 11) is -9.84. The molecule has 5 atom stereocenters. The maximum absolute atomic E-state index is 12.9. The Hall–Kier alpha value is -5.61. The van der Waals surface area contributed by atoms with Crippen LogP contribution in [0.2, 0.25) is 0 Å². The zero-order chi connectivity index (χ0) is 70.9. The Balaban J connectivity index is 4.70. The SMILES string of the molecule is CC/C=C\C/C=C\C/C=C\C/C=C\C/C=C\C/C=C\CCCCCCCCCCC(=O)OCC(O)COP(=O)(O)OCC(O)COP(=O)(O)OCC(COC(=O)CCC/C=C\C/C=C\C/C=C\C/C=C\C/C=C\CC)OC(=O)CCC/C=C\C/C=C\C/C=C\C/C=C\C/C=C\CC. The van der Waals surface area contributed by atoms with Crippen LogP contribution in [0.3, 0.4) is 0 Å². The number of hydrogen-bond donors (Lipinski definition) is 4. The highest BCUT2D eigenvalue weighted by molar-refractivity contribution is 7.47. The lowest BCUT2D eigenvalue weighted by Crippen LogP contribution is -2.30. The fourth-order valence-electron chi connectivity index (χ4n) is 8.47. The molecule has 0 bridgehead atoms. The molecule has 0 aliphatic rings. The van der Waals surface area contributed by atoms with Crippen LogP contribution < -0.4 is 0 Å². The predicted octanol–water partition coefficient (Wildman–Crippen LogP) is 20.4. The van der Waals surface area contributed by atoms with E-state index in [-0.39, 0.29) is 19.3 Å². The number of unbranched alkanes of at least 4 members (excludes halogenated alkanes) is 10. The van der Waals surface area contributed by atoms with Gasteiger partial charge in [-0.25, -0.2) is 9.13 Å². The summed E-state index contributed by atoms with van der Waals surface area (Å²) in [5.41, 5.74) is 0. The smallest absolute Gasteiger partial charge is 0.463 e. The Morgan fingerprint density at radius 1 is 0.289 bits per heavy atom. The van der Waals surface area contributed by atoms with E-state index in [9.17, 15) is 43.5 Å². The van der Waals surface area contributed by atoms with Crippen LogP contribution in [-0.4, -0.2) is 95.9 Å². The number of aliphatic hydroxyl groups is 2. The van der Waals surface area contributed by atoms with E-state index in [1.54, 1.807) is 0 Å². The molecule has 0 aromatic carbocycles. The van der Waals surface area contributed by atoms with E-state index in [1.807, 2.05) is 24.3 Å². The lowest BCUT2D eigenvalue weighted by Gasteiger charge is -2.21. The topological polar surface area (TPSA) is 231 Å². The van der Waals surface area contributed by atoms with E-state index >= 15 is 0 Å². The van der Waals surface area contributed by atoms with E-state index in [2.05, 4.69) is 191 Å². The lowest BCUT2D eigenvalue weighted by atomic mass is 10.1. The summed E-state index contributed by atoms with van der Waals surface area (Å²) >= 11 is 0. The first kappa shape index (κ1) is 91.4. The first-order chi connectivity index (χ1) is 47.2. The Kier molecular flexibility index (Phi) is 66.2. The molecule has 4 N–H and O–H groups in total. The molecule has 0 rings (SSSR count). The van der Waals surface area contributed by atoms with Gasteiger partial charge in [-0.15, -0.1) is 0 Å². The highest BCUT2D eigenvalue weighted by Gasteiger charge is 2.29. The number of rotatable bonds is 65. The van der Waals surface area contributed by atoms with Gasteiger partial charge in [0.1, 0.15) is 25.4 Å². The van der Waals surface area contributed by atoms with Gasteiger partial charge < -0.3 is 34.2 Å². The molecule has 0 aromatic heterocycles. The molecular weight excluding hydrogens is 1270 g/mol. The maximum Gasteiger partial charge on any atom is 0.472 e. The van der Waals surface area contributed by atoms with Crippen LogP contribution >= 0.6 is 15.6 Å². The molecule has 0 fully saturated rings. The molecule has 18 heteroatoms. The van der Waals surface area contributed by atoms with Crippen LogP contribution in [0.4, 0.5) is 0 Å². The number of phosphoric acid groups is 2. The van der Waals surface area contributed by atoms with Gasteiger partial charge in [-0.1, -0.05) is 254 Å². The number of ether oxygens (including phenoxy) is 3. The van der Waals surface area contributed by atoms with Gasteiger partial charge in [0.05, 0.1) is 26.4 Å². The number of esters is 3. The highest BCUT2D eigenvalue weighted by Crippen LogP contribution is 2.45. The van der Waals surface area contributed by atoms with Crippen LogP contribution in [0.15, 0.2) is 194 Å². The summed E-state index contributed by atoms with van der Waals surface area (Å²) in [4.78, 5) is 58.4. The van der Waals surface area contributed by atoms with E-state index in [0.29, 0.717) is 32.1 Å². The van der Waals surface area contributed by atoms with Gasteiger partial charge in [-0.3, -0.25) is 32.5 Å². The molecule has 0 radical (unpaired) electrons. The number of aliphatic hydroxyl groups excluding tert-OH is 2. The largest absolute Gasteiger partial charge is 0.472 e. The third-order valence-electron chi connectivity index (χ3n) is 13.8. The minimum atomic E-state index is -4.96. The minimum absolute atomic E-state index is 0.00563. The van der Waals surface area contributed by atoms with Gasteiger partial charge in [0, 0.05) is 19.3 Å². The standard InChI is InChI=1S/C79H124O16P2/c1-4-7-10-13-16-19-22-25-28-31-32-33-34-35-36-37-38-39-40-43-45-47-50-53-56-59-62-65-77(82)89-68-74(80)69-91-96(85,86)92-70-75(81)71-93-97(87,88)94-73-76(95-79(84)67-64-61-58-55-52-49-46-42-30-27-24-21-18-15-12-9-6-3)72-90-78(83)66-63-60-57-54-51-48-44-41-29-26-23-20-17-14-11-8-5-2/h7-12,16-21,25-30,32-33,35-36,38-39,44,46,48-49,54-55,57-58,74-76,80-81H,4-6,13-15,22-24,31,34,37,40-43,45,47,50-53,56,59-73H2,1-3H3,(H,85,86)(H,87,88)/b10-7-,11-8-,12-9-,19-16-,20-17-,21-18-,28-25-,29-26-,30-27-,33-32-,36-35-,39-38-,48-44-,49-46-,57-54-,58-55-. The van der Waals surface area contributed by atoms with Gasteiger partial charge in [0.15, 0.2) is 6.10 Å². The fourth-order valence-corrected chi connectivity index (χ4v) is 10.1. The van der Waals surface area contributed by atoms with Crippen molar-refractivity contribution in [1.29, 1.82) is 0 Å². The van der Waals surface area contributed by atoms with Crippen LogP contribution in [0.1, 0.15) is 226 Å². The number of carbonyl (C=O) groups is 3. The van der Waals surface area contributed by atoms with Crippen molar-refractivity contribution in [2.45, 2.75) is 245 Å². The molecule has 0 heterocycles. The van der Waals surface area contributed by atoms with Crippen molar-refractivity contribution in [2.75, 3.05) is 39.6 Å². The second-order valence-corrected chi connectivity index (χ2v) is 25.8. The van der Waals surface area contributed by atoms with Crippen molar-refractivity contribution in [1.82, 2.24) is 0 Å². The molecule has 0 spiro atoms. The number of hydrogen-bond acceptors (Lipinski definition) is 14. The average molecular weight is 1390 g/mol. The molecule has 16 nitrogen and oxygen atoms in total. The molecule has 97 heavy (non-hydrogen) atoms. The fraction of sp³-hybridized carbons (Fsp3) is 0.557. The third-order valence-corrected chi connectivity index (χ3v) is 15.7. The Bertz CT molecular complexity index is 2540. The Morgan fingerprint density at radius 2 is 0.526 bits per heavy atom. The van der Waals surface area contributed by atoms with Gasteiger partial charge in [0.25, 0.3) is 0 Å². The summed E-state index contributed by atoms with van der Waals surface area (Å²) in [6.45, 7) is 2.14. The van der Waals surface area contributed by atoms with Crippen LogP contribution in [-0.2, 0) is 55.8 Å². The van der Waals surface area contributed by atoms with Crippen LogP contribution in [0, 0.1) is 0 Å². The minimum Gasteiger partial charge on any atom is -0.463 e. The molecule has 0 aliphatic heterocycles. The maximum atomic E-state index is 12.9. The van der Waals surface area contributed by atoms with E-state index in [1.165, 1.54) is 19.3 Å². The number of carbonyl (C=O) groups excluding carboxylic acids is 3. The molecular formula is C79H124O16P2. The normalized spacial score (nSPS) is 15.2. The molecule has 0 saturated carbocycles. The first-order valence-corrected chi connectivity index (χ1v) is 38.7. The number of allylic oxidation sites excluding steroid dienone is 32. The second kappa shape index (κ2) is 70.3. The quantitative estimate of drug-likeness (QED) is 0.0146. The predicted molar refractivity (Wildman–Crippen MR) is 398 cm³/mol. The van der Waals surface area contributed by atoms with Crippen molar-refractivity contribution in [2.24, 2.45) is 0 Å². The zero-order valence-electron chi connectivity index (χ0n) is 59.2. The summed E-state index contributed by atoms with van der Waals surface area (Å²) in [5, 5.41) is 20.6. The van der Waals surface area contributed by atoms with Gasteiger partial charge in [-0.05, 0) is 148 Å². The zero-order valence-corrected chi connectivity index (χ0v) is 60.9. The Labute approximate surface area is 585 Å². The molecule has 0 saturated heterocycles. The average Bonchev–Trinajstić information content (AvgIpc) is 1.49. The second-order valence-electron chi connectivity index (χ2n) is 22.9. The van der Waals surface area contributed by atoms with Gasteiger partial charge >= 0.3 is 33.6 Å². The van der Waals surface area contributed by atoms with Gasteiger partial charge in [-0.2, -0.15) is 0 Å². The lowest BCUT2D eigenvalue weighted by molar-refractivity contribution is -0.161. The van der Waals surface area contributed by atoms with E-state index in [4.69, 9.17) is 32.3 Å². The molecule has 0 amide bonds. The molecule has 5 unspecified atom stereocenters. The van der Waals surface area contributed by atoms with Crippen molar-refractivity contribution in [3.8, 4) is 0 Å². The monoisotopic (exact) mass is 1390 g/mol. The van der Waals surface area contributed by atoms with E-state index in [0.717, 1.165) is 135 Å². The Morgan fingerprint density at radius 3 is 0.856 bits per heavy atom. The van der Waals surface area contributed by atoms with Crippen molar-refractivity contribution in [3.05, 3.63) is 194 Å². The van der Waals surface area contributed by atoms with Crippen molar-refractivity contribution >= 4 is 33.6 Å². The number of phosphoric ester groups is 2. The molecule has 546 valence electrons. The van der Waals surface area contributed by atoms with Crippen LogP contribution in [0.5, 0.6) is 0 Å². The van der Waals surface area contributed by atoms with Gasteiger partial charge in [0.2, 0.25) is 0 Å². The molecule has 0 aliphatic carbocycles. The molecule has 0 aromatic rings. The summed E-state index contributed by atoms with van der Waals surface area (Å²) in [6.07, 6.45) is 90.7. The van der Waals surface area contributed by atoms with E-state index < -0.39 is 91.5 Å². The van der Waals surface area contributed by atoms with Crippen molar-refractivity contribution in [3.63, 3.8) is 0 Å². The summed E-state index contributed by atoms with van der Waals surface area (Å²) in [5.74, 6) is -1.74. The third kappa shape index (κ3) is 71.5. The van der Waals surface area contributed by atoms with Crippen molar-refractivity contribution < 1.29 is 75.8 Å². The van der Waals surface area contributed by atoms with Crippen LogP contribution in [0.25, 0.3) is 0 Å². The first-order valence-electron chi connectivity index (χ1n) is 35.7. The highest BCUT2D eigenvalue weighted by atomic mass is 31.2. The summed E-state index contributed by atoms with van der Waals surface area (Å²) in [6, 6.07) is 0.